The van der Waals surface area contributed by atoms with Crippen LogP contribution in [-0.4, -0.2) is 45.5 Å². The Bertz CT molecular complexity index is 2510. The molecule has 0 spiro atoms. The van der Waals surface area contributed by atoms with E-state index in [1.165, 1.54) is 43.0 Å². The van der Waals surface area contributed by atoms with E-state index in [9.17, 15) is 31.1 Å². The van der Waals surface area contributed by atoms with E-state index in [0.29, 0.717) is 34.6 Å². The van der Waals surface area contributed by atoms with Gasteiger partial charge in [-0.2, -0.15) is 23.4 Å². The molecule has 0 unspecified atom stereocenters. The fourth-order valence-corrected chi connectivity index (χ4v) is 4.77. The van der Waals surface area contributed by atoms with Crippen molar-refractivity contribution in [3.05, 3.63) is 127 Å². The standard InChI is InChI=1S/C22H15F5N6O2.C14H12FN5O/c1-33-10-12(9-30-33)18-8-20(29-11-28-18)35-14-3-4-15(23)19(7-14)32-21(34)31-17-5-2-13(6-16(17)24)22(25,26)27;1-20-7-9(6-19-20)13-5-14(18-8-17-13)21-10-2-3-11(15)12(16)4-10/h2-11H,1H3,(H2,31,32,34);2-8H,16H2,1H3. The molecule has 14 nitrogen and oxygen atoms in total. The maximum absolute atomic E-state index is 14.2. The summed E-state index contributed by atoms with van der Waals surface area (Å²) in [7, 11) is 3.57. The lowest BCUT2D eigenvalue weighted by atomic mass is 10.2. The van der Waals surface area contributed by atoms with Crippen LogP contribution in [-0.2, 0) is 20.3 Å². The molecular weight excluding hydrogens is 748 g/mol. The summed E-state index contributed by atoms with van der Waals surface area (Å²) < 4.78 is 93.8. The van der Waals surface area contributed by atoms with Gasteiger partial charge in [0, 0.05) is 61.9 Å². The third-order valence-electron chi connectivity index (χ3n) is 7.43. The molecule has 4 aromatic heterocycles. The highest BCUT2D eigenvalue weighted by Gasteiger charge is 2.31. The number of halogens is 6. The van der Waals surface area contributed by atoms with Crippen LogP contribution in [0, 0.1) is 17.5 Å². The number of carbonyl (C=O) groups is 1. The number of nitrogens with zero attached hydrogens (tertiary/aromatic N) is 8. The number of nitrogen functional groups attached to an aromatic ring is 1. The van der Waals surface area contributed by atoms with Gasteiger partial charge in [0.25, 0.3) is 0 Å². The molecule has 0 saturated heterocycles. The van der Waals surface area contributed by atoms with Crippen LogP contribution in [0.1, 0.15) is 5.56 Å². The van der Waals surface area contributed by atoms with Crippen molar-refractivity contribution in [3.63, 3.8) is 0 Å². The molecule has 0 saturated carbocycles. The molecule has 0 atom stereocenters. The smallest absolute Gasteiger partial charge is 0.416 e. The Kier molecular flexibility index (Phi) is 11.1. The van der Waals surface area contributed by atoms with Gasteiger partial charge in [0.2, 0.25) is 11.8 Å². The summed E-state index contributed by atoms with van der Waals surface area (Å²) >= 11 is 0. The van der Waals surface area contributed by atoms with Crippen LogP contribution in [0.15, 0.2) is 104 Å². The molecule has 0 fully saturated rings. The number of hydrogen-bond donors (Lipinski definition) is 3. The second-order valence-corrected chi connectivity index (χ2v) is 11.6. The second-order valence-electron chi connectivity index (χ2n) is 11.6. The molecule has 0 bridgehead atoms. The normalized spacial score (nSPS) is 11.0. The minimum atomic E-state index is -4.74. The van der Waals surface area contributed by atoms with Crippen molar-refractivity contribution < 1.29 is 40.6 Å². The van der Waals surface area contributed by atoms with Crippen molar-refractivity contribution in [1.82, 2.24) is 39.5 Å². The maximum Gasteiger partial charge on any atom is 0.416 e. The molecule has 0 aliphatic carbocycles. The lowest BCUT2D eigenvalue weighted by molar-refractivity contribution is -0.137. The topological polar surface area (TPSA) is 173 Å². The Hall–Kier alpha value is -7.51. The Morgan fingerprint density at radius 1 is 0.661 bits per heavy atom. The average molecular weight is 776 g/mol. The molecule has 0 radical (unpaired) electrons. The molecule has 20 heteroatoms. The van der Waals surface area contributed by atoms with Gasteiger partial charge >= 0.3 is 12.2 Å². The van der Waals surface area contributed by atoms with E-state index in [1.807, 2.05) is 18.6 Å². The first kappa shape index (κ1) is 38.2. The maximum atomic E-state index is 14.2. The van der Waals surface area contributed by atoms with Gasteiger partial charge in [-0.05, 0) is 42.5 Å². The summed E-state index contributed by atoms with van der Waals surface area (Å²) in [6.45, 7) is 0. The number of nitrogens with two attached hydrogens (primary N) is 1. The van der Waals surface area contributed by atoms with Crippen LogP contribution >= 0.6 is 0 Å². The SMILES string of the molecule is Cn1cc(-c2cc(Oc3ccc(F)c(N)c3)ncn2)cn1.Cn1cc(-c2cc(Oc3ccc(F)c(NC(=O)Nc4ccc(C(F)(F)F)cc4F)c3)ncn2)cn1. The molecule has 2 amide bonds. The molecule has 4 N–H and O–H groups in total. The number of aromatic nitrogens is 8. The lowest BCUT2D eigenvalue weighted by Gasteiger charge is -2.12. The van der Waals surface area contributed by atoms with Gasteiger partial charge in [-0.15, -0.1) is 0 Å². The van der Waals surface area contributed by atoms with Gasteiger partial charge in [-0.1, -0.05) is 0 Å². The molecule has 56 heavy (non-hydrogen) atoms. The number of urea groups is 1. The number of alkyl halides is 3. The monoisotopic (exact) mass is 775 g/mol. The number of nitrogens with one attached hydrogen (secondary N) is 2. The fourth-order valence-electron chi connectivity index (χ4n) is 4.77. The van der Waals surface area contributed by atoms with Crippen LogP contribution in [0.3, 0.4) is 0 Å². The highest BCUT2D eigenvalue weighted by molar-refractivity contribution is 6.00. The minimum Gasteiger partial charge on any atom is -0.439 e. The number of amides is 2. The van der Waals surface area contributed by atoms with Gasteiger partial charge in [0.15, 0.2) is 0 Å². The minimum absolute atomic E-state index is 0.0223. The zero-order chi connectivity index (χ0) is 40.0. The van der Waals surface area contributed by atoms with Crippen molar-refractivity contribution in [2.45, 2.75) is 6.18 Å². The first-order valence-electron chi connectivity index (χ1n) is 16.0. The second kappa shape index (κ2) is 16.2. The quantitative estimate of drug-likeness (QED) is 0.101. The van der Waals surface area contributed by atoms with E-state index in [2.05, 4.69) is 35.5 Å². The van der Waals surface area contributed by atoms with E-state index < -0.39 is 40.9 Å². The van der Waals surface area contributed by atoms with E-state index in [4.69, 9.17) is 15.2 Å². The third-order valence-corrected chi connectivity index (χ3v) is 7.43. The predicted molar refractivity (Wildman–Crippen MR) is 190 cm³/mol. The highest BCUT2D eigenvalue weighted by Crippen LogP contribution is 2.32. The van der Waals surface area contributed by atoms with Crippen LogP contribution in [0.25, 0.3) is 22.5 Å². The van der Waals surface area contributed by atoms with Gasteiger partial charge < -0.3 is 25.8 Å². The third kappa shape index (κ3) is 9.72. The Labute approximate surface area is 312 Å². The van der Waals surface area contributed by atoms with E-state index >= 15 is 0 Å². The summed E-state index contributed by atoms with van der Waals surface area (Å²) in [6, 6.07) is 11.3. The molecular formula is C36H27F6N11O3. The molecule has 7 rings (SSSR count). The van der Waals surface area contributed by atoms with Crippen LogP contribution in [0.4, 0.5) is 48.2 Å². The van der Waals surface area contributed by atoms with Gasteiger partial charge in [0.1, 0.15) is 41.6 Å². The first-order valence-corrected chi connectivity index (χ1v) is 16.0. The molecule has 7 aromatic rings. The van der Waals surface area contributed by atoms with Gasteiger partial charge in [0.05, 0.1) is 46.4 Å². The summed E-state index contributed by atoms with van der Waals surface area (Å²) in [5.41, 5.74) is 6.24. The number of anilines is 3. The first-order chi connectivity index (χ1) is 26.7. The van der Waals surface area contributed by atoms with E-state index in [-0.39, 0.29) is 29.1 Å². The lowest BCUT2D eigenvalue weighted by Crippen LogP contribution is -2.21. The Balaban J connectivity index is 0.000000215. The summed E-state index contributed by atoms with van der Waals surface area (Å²) in [5, 5.41) is 12.3. The zero-order valence-corrected chi connectivity index (χ0v) is 29.0. The summed E-state index contributed by atoms with van der Waals surface area (Å²) in [5.74, 6) is -1.63. The highest BCUT2D eigenvalue weighted by atomic mass is 19.4. The largest absolute Gasteiger partial charge is 0.439 e. The van der Waals surface area contributed by atoms with Crippen LogP contribution in [0.5, 0.6) is 23.3 Å². The average Bonchev–Trinajstić information content (AvgIpc) is 3.80. The fraction of sp³-hybridized carbons (Fsp3) is 0.0833. The zero-order valence-electron chi connectivity index (χ0n) is 29.0. The predicted octanol–water partition coefficient (Wildman–Crippen LogP) is 8.00. The van der Waals surface area contributed by atoms with Gasteiger partial charge in [-0.25, -0.2) is 37.9 Å². The summed E-state index contributed by atoms with van der Waals surface area (Å²) in [4.78, 5) is 28.5. The molecule has 0 aliphatic heterocycles. The number of rotatable bonds is 8. The van der Waals surface area contributed by atoms with Gasteiger partial charge in [-0.3, -0.25) is 9.36 Å². The van der Waals surface area contributed by atoms with Crippen molar-refractivity contribution >= 4 is 23.1 Å². The summed E-state index contributed by atoms with van der Waals surface area (Å²) in [6.07, 6.45) is 4.79. The Morgan fingerprint density at radius 3 is 1.70 bits per heavy atom. The Morgan fingerprint density at radius 2 is 1.20 bits per heavy atom. The van der Waals surface area contributed by atoms with Crippen LogP contribution in [0.2, 0.25) is 0 Å². The number of carbonyl (C=O) groups excluding carboxylic acids is 1. The van der Waals surface area contributed by atoms with E-state index in [0.717, 1.165) is 23.8 Å². The van der Waals surface area contributed by atoms with Crippen molar-refractivity contribution in [2.75, 3.05) is 16.4 Å². The number of benzene rings is 3. The van der Waals surface area contributed by atoms with E-state index in [1.54, 1.807) is 41.1 Å². The molecule has 3 aromatic carbocycles. The number of hydrogen-bond acceptors (Lipinski definition) is 10. The van der Waals surface area contributed by atoms with Crippen LogP contribution < -0.4 is 25.8 Å². The molecule has 0 aliphatic rings. The number of ether oxygens (including phenoxy) is 2. The van der Waals surface area contributed by atoms with Crippen molar-refractivity contribution in [2.24, 2.45) is 14.1 Å². The number of aryl methyl sites for hydroxylation is 2. The molecule has 286 valence electrons. The van der Waals surface area contributed by atoms with Crippen molar-refractivity contribution in [3.8, 4) is 45.8 Å². The van der Waals surface area contributed by atoms with Crippen molar-refractivity contribution in [1.29, 1.82) is 0 Å². The molecule has 4 heterocycles.